The molecule has 0 saturated carbocycles. The lowest BCUT2D eigenvalue weighted by atomic mass is 10.1. The van der Waals surface area contributed by atoms with Crippen molar-refractivity contribution in [1.29, 1.82) is 0 Å². The van der Waals surface area contributed by atoms with Crippen molar-refractivity contribution in [3.8, 4) is 5.75 Å². The number of aromatic nitrogens is 1. The van der Waals surface area contributed by atoms with Crippen LogP contribution < -0.4 is 4.74 Å². The van der Waals surface area contributed by atoms with Crippen LogP contribution in [0.2, 0.25) is 10.0 Å². The van der Waals surface area contributed by atoms with Crippen LogP contribution in [0, 0.1) is 6.92 Å². The van der Waals surface area contributed by atoms with Gasteiger partial charge in [0.25, 0.3) is 0 Å². The van der Waals surface area contributed by atoms with Gasteiger partial charge in [0.1, 0.15) is 12.4 Å². The monoisotopic (exact) mass is 396 g/mol. The molecule has 2 heterocycles. The lowest BCUT2D eigenvalue weighted by Crippen LogP contribution is -2.13. The normalized spacial score (nSPS) is 14.8. The van der Waals surface area contributed by atoms with Crippen LogP contribution >= 0.6 is 23.2 Å². The van der Waals surface area contributed by atoms with Gasteiger partial charge in [-0.25, -0.2) is 4.99 Å². The zero-order chi connectivity index (χ0) is 18.5. The summed E-state index contributed by atoms with van der Waals surface area (Å²) in [6.45, 7) is 5.19. The van der Waals surface area contributed by atoms with Crippen LogP contribution in [0.4, 0.5) is 0 Å². The first-order chi connectivity index (χ1) is 12.5. The van der Waals surface area contributed by atoms with Crippen molar-refractivity contribution in [2.45, 2.75) is 45.6 Å². The molecule has 0 fully saturated rings. The predicted octanol–water partition coefficient (Wildman–Crippen LogP) is 5.25. The smallest absolute Gasteiger partial charge is 0.216 e. The van der Waals surface area contributed by atoms with Crippen LogP contribution in [0.1, 0.15) is 43.2 Å². The molecule has 1 unspecified atom stereocenters. The van der Waals surface area contributed by atoms with E-state index in [-0.39, 0.29) is 6.10 Å². The second-order valence-corrected chi connectivity index (χ2v) is 7.23. The van der Waals surface area contributed by atoms with E-state index in [2.05, 4.69) is 10.1 Å². The highest BCUT2D eigenvalue weighted by atomic mass is 35.5. The summed E-state index contributed by atoms with van der Waals surface area (Å²) in [5.41, 5.74) is 1.69. The molecule has 7 heteroatoms. The van der Waals surface area contributed by atoms with E-state index in [1.165, 1.54) is 0 Å². The van der Waals surface area contributed by atoms with Crippen molar-refractivity contribution < 1.29 is 14.0 Å². The zero-order valence-corrected chi connectivity index (χ0v) is 16.4. The van der Waals surface area contributed by atoms with Crippen molar-refractivity contribution in [3.05, 3.63) is 45.3 Å². The van der Waals surface area contributed by atoms with Gasteiger partial charge in [-0.1, -0.05) is 28.4 Å². The summed E-state index contributed by atoms with van der Waals surface area (Å²) in [7, 11) is 0. The molecule has 5 nitrogen and oxygen atoms in total. The first kappa shape index (κ1) is 19.1. The van der Waals surface area contributed by atoms with E-state index in [1.54, 1.807) is 12.1 Å². The second-order valence-electron chi connectivity index (χ2n) is 6.41. The van der Waals surface area contributed by atoms with Crippen molar-refractivity contribution in [1.82, 2.24) is 5.16 Å². The molecule has 3 rings (SSSR count). The third-order valence-corrected chi connectivity index (χ3v) is 4.67. The average molecular weight is 397 g/mol. The van der Waals surface area contributed by atoms with Gasteiger partial charge in [-0.3, -0.25) is 0 Å². The molecule has 2 aromatic rings. The highest BCUT2D eigenvalue weighted by molar-refractivity contribution is 6.37. The van der Waals surface area contributed by atoms with E-state index >= 15 is 0 Å². The summed E-state index contributed by atoms with van der Waals surface area (Å²) in [6, 6.07) is 5.54. The van der Waals surface area contributed by atoms with Crippen LogP contribution in [0.3, 0.4) is 0 Å². The lowest BCUT2D eigenvalue weighted by Gasteiger charge is -2.17. The van der Waals surface area contributed by atoms with Crippen molar-refractivity contribution >= 4 is 29.1 Å². The van der Waals surface area contributed by atoms with Crippen LogP contribution in [0.15, 0.2) is 27.7 Å². The van der Waals surface area contributed by atoms with Crippen LogP contribution in [0.5, 0.6) is 5.75 Å². The summed E-state index contributed by atoms with van der Waals surface area (Å²) in [5.74, 6) is 2.01. The third kappa shape index (κ3) is 4.92. The van der Waals surface area contributed by atoms with Crippen molar-refractivity contribution in [3.63, 3.8) is 0 Å². The number of ether oxygens (including phenoxy) is 2. The van der Waals surface area contributed by atoms with Gasteiger partial charge in [-0.05, 0) is 45.2 Å². The highest BCUT2D eigenvalue weighted by Gasteiger charge is 2.17. The fraction of sp³-hybridized carbons (Fsp3) is 0.474. The fourth-order valence-corrected chi connectivity index (χ4v) is 3.41. The number of aryl methyl sites for hydroxylation is 2. The van der Waals surface area contributed by atoms with Gasteiger partial charge in [0.15, 0.2) is 5.75 Å². The molecule has 1 aromatic heterocycles. The van der Waals surface area contributed by atoms with Crippen molar-refractivity contribution in [2.24, 2.45) is 4.99 Å². The standard InChI is InChI=1S/C19H22Cl2N2O3/c1-12-9-15(26-23-12)6-4-3-5-13(2)25-18-16(20)10-14(11-17(18)21)19-22-7-8-24-19/h9-11,13H,3-8H2,1-2H3. The summed E-state index contributed by atoms with van der Waals surface area (Å²) < 4.78 is 16.6. The molecule has 0 amide bonds. The molecule has 140 valence electrons. The first-order valence-electron chi connectivity index (χ1n) is 8.78. The molecule has 0 bridgehead atoms. The Morgan fingerprint density at radius 2 is 1.96 bits per heavy atom. The number of hydrogen-bond donors (Lipinski definition) is 0. The maximum absolute atomic E-state index is 6.36. The summed E-state index contributed by atoms with van der Waals surface area (Å²) in [5, 5.41) is 4.83. The Morgan fingerprint density at radius 3 is 2.58 bits per heavy atom. The molecular weight excluding hydrogens is 375 g/mol. The van der Waals surface area contributed by atoms with E-state index in [1.807, 2.05) is 19.9 Å². The number of unbranched alkanes of at least 4 members (excludes halogenated alkanes) is 1. The van der Waals surface area contributed by atoms with Gasteiger partial charge >= 0.3 is 0 Å². The highest BCUT2D eigenvalue weighted by Crippen LogP contribution is 2.36. The first-order valence-corrected chi connectivity index (χ1v) is 9.54. The van der Waals surface area contributed by atoms with Gasteiger partial charge in [0.2, 0.25) is 5.90 Å². The Morgan fingerprint density at radius 1 is 1.19 bits per heavy atom. The molecule has 0 N–H and O–H groups in total. The van der Waals surface area contributed by atoms with E-state index in [4.69, 9.17) is 37.2 Å². The second kappa shape index (κ2) is 8.78. The van der Waals surface area contributed by atoms with E-state index in [0.717, 1.165) is 42.7 Å². The molecule has 1 aliphatic rings. The molecular formula is C19H22Cl2N2O3. The number of halogens is 2. The minimum absolute atomic E-state index is 0.00684. The minimum atomic E-state index is 0.00684. The minimum Gasteiger partial charge on any atom is -0.488 e. The predicted molar refractivity (Wildman–Crippen MR) is 103 cm³/mol. The average Bonchev–Trinajstić information content (AvgIpc) is 3.26. The number of aliphatic imine (C=N–C) groups is 1. The number of hydrogen-bond acceptors (Lipinski definition) is 5. The number of nitrogens with zero attached hydrogens (tertiary/aromatic N) is 2. The Kier molecular flexibility index (Phi) is 6.43. The summed E-state index contributed by atoms with van der Waals surface area (Å²) in [4.78, 5) is 4.28. The topological polar surface area (TPSA) is 56.9 Å². The molecule has 0 aliphatic carbocycles. The van der Waals surface area contributed by atoms with Crippen LogP contribution in [0.25, 0.3) is 0 Å². The van der Waals surface area contributed by atoms with Gasteiger partial charge in [0, 0.05) is 18.1 Å². The van der Waals surface area contributed by atoms with E-state index in [9.17, 15) is 0 Å². The third-order valence-electron chi connectivity index (χ3n) is 4.11. The van der Waals surface area contributed by atoms with Crippen LogP contribution in [-0.2, 0) is 11.2 Å². The zero-order valence-electron chi connectivity index (χ0n) is 14.9. The molecule has 1 aromatic carbocycles. The van der Waals surface area contributed by atoms with Crippen molar-refractivity contribution in [2.75, 3.05) is 13.2 Å². The molecule has 26 heavy (non-hydrogen) atoms. The summed E-state index contributed by atoms with van der Waals surface area (Å²) >= 11 is 12.7. The largest absolute Gasteiger partial charge is 0.488 e. The molecule has 1 atom stereocenters. The van der Waals surface area contributed by atoms with E-state index in [0.29, 0.717) is 34.8 Å². The van der Waals surface area contributed by atoms with Gasteiger partial charge in [-0.15, -0.1) is 0 Å². The number of benzene rings is 1. The SMILES string of the molecule is Cc1cc(CCCCC(C)Oc2c(Cl)cc(C3=NCCO3)cc2Cl)on1. The Hall–Kier alpha value is -1.72. The molecule has 0 spiro atoms. The number of rotatable bonds is 8. The van der Waals surface area contributed by atoms with E-state index < -0.39 is 0 Å². The van der Waals surface area contributed by atoms with Crippen LogP contribution in [-0.4, -0.2) is 30.3 Å². The molecule has 0 saturated heterocycles. The van der Waals surface area contributed by atoms with Gasteiger partial charge in [-0.2, -0.15) is 0 Å². The van der Waals surface area contributed by atoms with Gasteiger partial charge < -0.3 is 14.0 Å². The maximum atomic E-state index is 6.36. The quantitative estimate of drug-likeness (QED) is 0.571. The summed E-state index contributed by atoms with van der Waals surface area (Å²) in [6.07, 6.45) is 3.81. The molecule has 1 aliphatic heterocycles. The van der Waals surface area contributed by atoms with Gasteiger partial charge in [0.05, 0.1) is 28.4 Å². The Balaban J connectivity index is 1.51. The molecule has 0 radical (unpaired) electrons. The lowest BCUT2D eigenvalue weighted by molar-refractivity contribution is 0.206. The maximum Gasteiger partial charge on any atom is 0.216 e. The fourth-order valence-electron chi connectivity index (χ4n) is 2.83. The Bertz CT molecular complexity index is 766. The Labute approximate surface area is 163 Å².